The quantitative estimate of drug-likeness (QED) is 0.334. The summed E-state index contributed by atoms with van der Waals surface area (Å²) in [7, 11) is -2.90. The van der Waals surface area contributed by atoms with E-state index in [-0.39, 0.29) is 0 Å². The topological polar surface area (TPSA) is 12.4 Å². The fourth-order valence-electron chi connectivity index (χ4n) is 2.00. The van der Waals surface area contributed by atoms with E-state index < -0.39 is 22.7 Å². The summed E-state index contributed by atoms with van der Waals surface area (Å²) in [4.78, 5) is 0. The highest BCUT2D eigenvalue weighted by Crippen LogP contribution is 2.63. The fraction of sp³-hybridized carbons (Fsp3) is 0.667. The molecule has 17 heavy (non-hydrogen) atoms. The summed E-state index contributed by atoms with van der Waals surface area (Å²) in [5, 5.41) is 0.390. The zero-order valence-corrected chi connectivity index (χ0v) is 15.8. The maximum atomic E-state index is 6.95. The van der Waals surface area contributed by atoms with Crippen molar-refractivity contribution in [2.24, 2.45) is 4.41 Å². The van der Waals surface area contributed by atoms with Crippen molar-refractivity contribution in [3.05, 3.63) is 25.3 Å². The molecular formula is C12H27ClNPSi2. The van der Waals surface area contributed by atoms with E-state index in [0.717, 1.165) is 6.16 Å². The normalized spacial score (nSPS) is 18.1. The van der Waals surface area contributed by atoms with Crippen LogP contribution in [0.3, 0.4) is 0 Å². The van der Waals surface area contributed by atoms with Crippen LogP contribution < -0.4 is 0 Å². The Hall–Kier alpha value is 0.434. The Bertz CT molecular complexity index is 339. The van der Waals surface area contributed by atoms with Gasteiger partial charge in [-0.05, 0) is 0 Å². The minimum Gasteiger partial charge on any atom is -0.323 e. The van der Waals surface area contributed by atoms with Gasteiger partial charge in [-0.25, -0.2) is 0 Å². The molecule has 1 nitrogen and oxygen atoms in total. The molecule has 0 aromatic heterocycles. The monoisotopic (exact) mass is 307 g/mol. The lowest BCUT2D eigenvalue weighted by Gasteiger charge is -2.35. The first-order valence-electron chi connectivity index (χ1n) is 6.01. The van der Waals surface area contributed by atoms with Crippen LogP contribution >= 0.6 is 17.6 Å². The molecule has 0 saturated carbocycles. The van der Waals surface area contributed by atoms with Crippen LogP contribution in [-0.2, 0) is 0 Å². The van der Waals surface area contributed by atoms with Crippen LogP contribution in [0.25, 0.3) is 0 Å². The number of hydrogen-bond acceptors (Lipinski definition) is 1. The molecule has 0 aromatic carbocycles. The van der Waals surface area contributed by atoms with Gasteiger partial charge in [0.05, 0.1) is 14.5 Å². The van der Waals surface area contributed by atoms with Crippen molar-refractivity contribution in [1.82, 2.24) is 0 Å². The summed E-state index contributed by atoms with van der Waals surface area (Å²) in [6.07, 6.45) is 2.98. The highest BCUT2D eigenvalue weighted by Gasteiger charge is 2.36. The molecule has 100 valence electrons. The lowest BCUT2D eigenvalue weighted by atomic mass is 10.7. The maximum absolute atomic E-state index is 6.95. The molecule has 0 spiro atoms. The number of halogens is 1. The van der Waals surface area contributed by atoms with E-state index in [0.29, 0.717) is 5.28 Å². The van der Waals surface area contributed by atoms with E-state index in [9.17, 15) is 0 Å². The molecule has 0 aliphatic carbocycles. The minimum atomic E-state index is -1.84. The molecular weight excluding hydrogens is 281 g/mol. The van der Waals surface area contributed by atoms with Gasteiger partial charge in [-0.15, -0.1) is 13.2 Å². The maximum Gasteiger partial charge on any atom is 0.172 e. The first kappa shape index (κ1) is 17.4. The first-order valence-corrected chi connectivity index (χ1v) is 15.9. The largest absolute Gasteiger partial charge is 0.323 e. The van der Waals surface area contributed by atoms with Gasteiger partial charge in [0.15, 0.2) is 8.24 Å². The average molecular weight is 308 g/mol. The van der Waals surface area contributed by atoms with E-state index in [2.05, 4.69) is 58.5 Å². The molecule has 5 heteroatoms. The van der Waals surface area contributed by atoms with Gasteiger partial charge in [0.2, 0.25) is 0 Å². The molecule has 0 rings (SSSR count). The van der Waals surface area contributed by atoms with Gasteiger partial charge in [0, 0.05) is 11.4 Å². The SMILES string of the molecule is C=CCP(Cl)(=N[Si](C)(C)C)C(C=C)[Si](C)(C)C. The highest BCUT2D eigenvalue weighted by atomic mass is 35.7. The molecule has 0 aliphatic heterocycles. The lowest BCUT2D eigenvalue weighted by Crippen LogP contribution is -2.36. The molecule has 0 heterocycles. The van der Waals surface area contributed by atoms with Crippen molar-refractivity contribution in [3.8, 4) is 0 Å². The number of hydrogen-bond donors (Lipinski definition) is 0. The summed E-state index contributed by atoms with van der Waals surface area (Å²) < 4.78 is 5.08. The zero-order chi connectivity index (χ0) is 13.9. The Morgan fingerprint density at radius 3 is 1.88 bits per heavy atom. The molecule has 2 atom stereocenters. The second-order valence-electron chi connectivity index (χ2n) is 6.52. The van der Waals surface area contributed by atoms with Gasteiger partial charge in [-0.1, -0.05) is 62.7 Å². The van der Waals surface area contributed by atoms with Crippen LogP contribution in [0, 0.1) is 0 Å². The zero-order valence-electron chi connectivity index (χ0n) is 12.1. The highest BCUT2D eigenvalue weighted by molar-refractivity contribution is 7.94. The Morgan fingerprint density at radius 2 is 1.65 bits per heavy atom. The van der Waals surface area contributed by atoms with Crippen LogP contribution in [0.5, 0.6) is 0 Å². The third-order valence-electron chi connectivity index (χ3n) is 2.39. The molecule has 2 unspecified atom stereocenters. The van der Waals surface area contributed by atoms with E-state index in [1.807, 2.05) is 6.08 Å². The molecule has 0 radical (unpaired) electrons. The second kappa shape index (κ2) is 6.05. The van der Waals surface area contributed by atoms with E-state index in [1.165, 1.54) is 0 Å². The number of allylic oxidation sites excluding steroid dienone is 2. The van der Waals surface area contributed by atoms with Gasteiger partial charge >= 0.3 is 0 Å². The smallest absolute Gasteiger partial charge is 0.172 e. The number of rotatable bonds is 6. The molecule has 0 bridgehead atoms. The van der Waals surface area contributed by atoms with Crippen LogP contribution in [0.1, 0.15) is 0 Å². The van der Waals surface area contributed by atoms with Crippen LogP contribution in [0.4, 0.5) is 0 Å². The van der Waals surface area contributed by atoms with Crippen molar-refractivity contribution < 1.29 is 0 Å². The van der Waals surface area contributed by atoms with Gasteiger partial charge < -0.3 is 4.41 Å². The third kappa shape index (κ3) is 5.73. The van der Waals surface area contributed by atoms with Crippen LogP contribution in [-0.4, -0.2) is 27.8 Å². The molecule has 0 aromatic rings. The van der Waals surface area contributed by atoms with E-state index in [4.69, 9.17) is 15.7 Å². The minimum absolute atomic E-state index is 0.390. The Kier molecular flexibility index (Phi) is 6.21. The molecule has 0 amide bonds. The Labute approximate surface area is 114 Å². The van der Waals surface area contributed by atoms with Crippen LogP contribution in [0.15, 0.2) is 29.7 Å². The standard InChI is InChI=1S/C12H27ClNPSi2/c1-9-11-15(13,14-17(6,7)8)12(10-2)16(3,4)5/h9-10,12H,1-2,11H2,3-8H3. The summed E-state index contributed by atoms with van der Waals surface area (Å²) in [5.74, 6) is 0. The van der Waals surface area contributed by atoms with Crippen molar-refractivity contribution in [1.29, 1.82) is 0 Å². The molecule has 0 fully saturated rings. The summed E-state index contributed by atoms with van der Waals surface area (Å²) in [6.45, 7) is 21.6. The van der Waals surface area contributed by atoms with Gasteiger partial charge in [0.1, 0.15) is 0 Å². The number of nitrogens with zero attached hydrogens (tertiary/aromatic N) is 1. The molecule has 0 aliphatic rings. The lowest BCUT2D eigenvalue weighted by molar-refractivity contribution is 1.40. The van der Waals surface area contributed by atoms with Crippen molar-refractivity contribution in [3.63, 3.8) is 0 Å². The Morgan fingerprint density at radius 1 is 1.18 bits per heavy atom. The van der Waals surface area contributed by atoms with Crippen molar-refractivity contribution in [2.75, 3.05) is 6.16 Å². The Balaban J connectivity index is 5.71. The molecule has 0 N–H and O–H groups in total. The average Bonchev–Trinajstić information content (AvgIpc) is 1.97. The van der Waals surface area contributed by atoms with Gasteiger partial charge in [0.25, 0.3) is 0 Å². The first-order chi connectivity index (χ1) is 7.46. The summed E-state index contributed by atoms with van der Waals surface area (Å²) in [6, 6.07) is 0. The van der Waals surface area contributed by atoms with Gasteiger partial charge in [-0.2, -0.15) is 0 Å². The summed E-state index contributed by atoms with van der Waals surface area (Å²) >= 11 is 6.95. The van der Waals surface area contributed by atoms with Gasteiger partial charge in [-0.3, -0.25) is 0 Å². The predicted molar refractivity (Wildman–Crippen MR) is 90.9 cm³/mol. The molecule has 0 saturated heterocycles. The van der Waals surface area contributed by atoms with Crippen LogP contribution in [0.2, 0.25) is 39.3 Å². The predicted octanol–water partition coefficient (Wildman–Crippen LogP) is 5.79. The van der Waals surface area contributed by atoms with Crippen molar-refractivity contribution >= 4 is 34.0 Å². The third-order valence-corrected chi connectivity index (χ3v) is 15.8. The van der Waals surface area contributed by atoms with E-state index >= 15 is 0 Å². The van der Waals surface area contributed by atoms with E-state index in [1.54, 1.807) is 0 Å². The summed E-state index contributed by atoms with van der Waals surface area (Å²) in [5.41, 5.74) is 0. The second-order valence-corrected chi connectivity index (χ2v) is 21.6. The fourth-order valence-corrected chi connectivity index (χ4v) is 19.2. The van der Waals surface area contributed by atoms with Crippen molar-refractivity contribution in [2.45, 2.75) is 44.6 Å².